The second-order valence-corrected chi connectivity index (χ2v) is 5.46. The molecule has 0 unspecified atom stereocenters. The third kappa shape index (κ3) is 3.14. The van der Waals surface area contributed by atoms with Gasteiger partial charge in [0.2, 0.25) is 5.91 Å². The number of hydrogen-bond acceptors (Lipinski definition) is 4. The zero-order valence-corrected chi connectivity index (χ0v) is 12.7. The van der Waals surface area contributed by atoms with Crippen molar-refractivity contribution in [3.63, 3.8) is 0 Å². The Bertz CT molecular complexity index is 636. The topological polar surface area (TPSA) is 79.2 Å². The minimum atomic E-state index is -1.34. The predicted molar refractivity (Wildman–Crippen MR) is 79.7 cm³/mol. The van der Waals surface area contributed by atoms with Crippen molar-refractivity contribution in [2.75, 3.05) is 13.2 Å². The molecule has 21 heavy (non-hydrogen) atoms. The molecule has 0 bridgehead atoms. The van der Waals surface area contributed by atoms with Gasteiger partial charge in [0.15, 0.2) is 11.7 Å². The number of carbonyl (C=O) groups excluding carboxylic acids is 2. The van der Waals surface area contributed by atoms with Gasteiger partial charge in [0.1, 0.15) is 12.4 Å². The van der Waals surface area contributed by atoms with Gasteiger partial charge in [0.05, 0.1) is 12.0 Å². The molecule has 1 aliphatic heterocycles. The number of halogens is 1. The minimum Gasteiger partial charge on any atom is -0.492 e. The number of hydrogen-bond donors (Lipinski definition) is 1. The maximum atomic E-state index is 12.5. The zero-order chi connectivity index (χ0) is 15.4. The van der Waals surface area contributed by atoms with Gasteiger partial charge in [0.25, 0.3) is 0 Å². The highest BCUT2D eigenvalue weighted by atomic mass is 79.9. The first-order valence-electron chi connectivity index (χ1n) is 6.32. The number of nitrogens with one attached hydrogen (secondary N) is 1. The van der Waals surface area contributed by atoms with Crippen LogP contribution in [0.3, 0.4) is 0 Å². The standard InChI is InChI=1S/C15H13BrN2O3/c1-2-5-18-15(20)11(7-17)14(19)12-8-21-13-4-3-9(16)6-10(12)13/h2-4,6,11-12H,1,5,8H2,(H,18,20)/t11-,12+/m0/s1. The lowest BCUT2D eigenvalue weighted by atomic mass is 9.89. The first-order chi connectivity index (χ1) is 10.1. The molecule has 1 amide bonds. The summed E-state index contributed by atoms with van der Waals surface area (Å²) in [6, 6.07) is 7.11. The number of ether oxygens (including phenoxy) is 1. The average molecular weight is 349 g/mol. The van der Waals surface area contributed by atoms with Crippen LogP contribution in [0.2, 0.25) is 0 Å². The molecule has 0 saturated heterocycles. The van der Waals surface area contributed by atoms with Gasteiger partial charge in [-0.25, -0.2) is 0 Å². The van der Waals surface area contributed by atoms with Gasteiger partial charge in [-0.1, -0.05) is 22.0 Å². The lowest BCUT2D eigenvalue weighted by molar-refractivity contribution is -0.132. The Morgan fingerprint density at radius 1 is 1.62 bits per heavy atom. The molecule has 0 saturated carbocycles. The van der Waals surface area contributed by atoms with E-state index < -0.39 is 23.5 Å². The lowest BCUT2D eigenvalue weighted by Gasteiger charge is -2.12. The van der Waals surface area contributed by atoms with Crippen molar-refractivity contribution in [2.45, 2.75) is 5.92 Å². The Morgan fingerprint density at radius 2 is 2.38 bits per heavy atom. The van der Waals surface area contributed by atoms with Gasteiger partial charge in [0, 0.05) is 16.6 Å². The number of fused-ring (bicyclic) bond motifs is 1. The second kappa shape index (κ2) is 6.55. The molecule has 1 aliphatic rings. The summed E-state index contributed by atoms with van der Waals surface area (Å²) in [6.07, 6.45) is 1.49. The van der Waals surface area contributed by atoms with E-state index in [1.54, 1.807) is 18.2 Å². The van der Waals surface area contributed by atoms with Gasteiger partial charge in [-0.15, -0.1) is 6.58 Å². The van der Waals surface area contributed by atoms with E-state index in [1.165, 1.54) is 6.08 Å². The normalized spacial score (nSPS) is 17.0. The van der Waals surface area contributed by atoms with Gasteiger partial charge >= 0.3 is 0 Å². The number of benzene rings is 1. The first kappa shape index (κ1) is 15.3. The van der Waals surface area contributed by atoms with E-state index in [0.717, 1.165) is 4.47 Å². The smallest absolute Gasteiger partial charge is 0.245 e. The summed E-state index contributed by atoms with van der Waals surface area (Å²) in [5, 5.41) is 11.6. The quantitative estimate of drug-likeness (QED) is 0.651. The van der Waals surface area contributed by atoms with Crippen LogP contribution in [0, 0.1) is 17.2 Å². The number of amides is 1. The summed E-state index contributed by atoms with van der Waals surface area (Å²) in [4.78, 5) is 24.3. The molecular formula is C15H13BrN2O3. The largest absolute Gasteiger partial charge is 0.492 e. The fourth-order valence-corrected chi connectivity index (χ4v) is 2.53. The fraction of sp³-hybridized carbons (Fsp3) is 0.267. The molecule has 108 valence electrons. The van der Waals surface area contributed by atoms with Gasteiger partial charge in [-0.05, 0) is 18.2 Å². The fourth-order valence-electron chi connectivity index (χ4n) is 2.15. The van der Waals surface area contributed by atoms with Crippen LogP contribution in [0.15, 0.2) is 35.3 Å². The van der Waals surface area contributed by atoms with E-state index in [4.69, 9.17) is 10.00 Å². The number of ketones is 1. The molecule has 1 N–H and O–H groups in total. The van der Waals surface area contributed by atoms with Crippen molar-refractivity contribution < 1.29 is 14.3 Å². The Morgan fingerprint density at radius 3 is 3.05 bits per heavy atom. The molecule has 1 aromatic rings. The van der Waals surface area contributed by atoms with Crippen LogP contribution in [0.5, 0.6) is 5.75 Å². The molecular weight excluding hydrogens is 336 g/mol. The number of rotatable bonds is 5. The Balaban J connectivity index is 2.21. The van der Waals surface area contributed by atoms with Crippen LogP contribution in [-0.2, 0) is 9.59 Å². The highest BCUT2D eigenvalue weighted by molar-refractivity contribution is 9.10. The van der Waals surface area contributed by atoms with Crippen molar-refractivity contribution in [3.05, 3.63) is 40.9 Å². The molecule has 5 nitrogen and oxygen atoms in total. The van der Waals surface area contributed by atoms with Crippen molar-refractivity contribution in [1.29, 1.82) is 5.26 Å². The van der Waals surface area contributed by atoms with Crippen LogP contribution < -0.4 is 10.1 Å². The highest BCUT2D eigenvalue weighted by Gasteiger charge is 2.38. The maximum Gasteiger partial charge on any atom is 0.245 e. The summed E-state index contributed by atoms with van der Waals surface area (Å²) >= 11 is 3.34. The number of nitriles is 1. The van der Waals surface area contributed by atoms with Crippen LogP contribution in [0.25, 0.3) is 0 Å². The number of Topliss-reactive ketones (excluding diaryl/α,β-unsaturated/α-hetero) is 1. The van der Waals surface area contributed by atoms with Crippen LogP contribution in [0.4, 0.5) is 0 Å². The molecule has 1 heterocycles. The van der Waals surface area contributed by atoms with E-state index in [-0.39, 0.29) is 13.2 Å². The summed E-state index contributed by atoms with van der Waals surface area (Å²) in [6.45, 7) is 3.84. The molecule has 0 fully saturated rings. The molecule has 0 aromatic heterocycles. The third-order valence-electron chi connectivity index (χ3n) is 3.19. The molecule has 0 spiro atoms. The van der Waals surface area contributed by atoms with Crippen molar-refractivity contribution in [3.8, 4) is 11.8 Å². The van der Waals surface area contributed by atoms with Gasteiger partial charge in [-0.2, -0.15) is 5.26 Å². The van der Waals surface area contributed by atoms with E-state index in [1.807, 2.05) is 6.07 Å². The molecule has 0 radical (unpaired) electrons. The predicted octanol–water partition coefficient (Wildman–Crippen LogP) is 1.94. The monoisotopic (exact) mass is 348 g/mol. The Labute approximate surface area is 130 Å². The maximum absolute atomic E-state index is 12.5. The number of carbonyl (C=O) groups is 2. The van der Waals surface area contributed by atoms with Gasteiger partial charge < -0.3 is 10.1 Å². The SMILES string of the molecule is C=CCNC(=O)[C@@H](C#N)C(=O)[C@@H]1COc2ccc(Br)cc21. The first-order valence-corrected chi connectivity index (χ1v) is 7.12. The van der Waals surface area contributed by atoms with Crippen molar-refractivity contribution in [2.24, 2.45) is 5.92 Å². The minimum absolute atomic E-state index is 0.150. The summed E-state index contributed by atoms with van der Waals surface area (Å²) in [5.74, 6) is -2.39. The number of nitrogens with zero attached hydrogens (tertiary/aromatic N) is 1. The van der Waals surface area contributed by atoms with E-state index >= 15 is 0 Å². The highest BCUT2D eigenvalue weighted by Crippen LogP contribution is 2.37. The molecule has 2 rings (SSSR count). The van der Waals surface area contributed by atoms with E-state index in [9.17, 15) is 9.59 Å². The summed E-state index contributed by atoms with van der Waals surface area (Å²) in [7, 11) is 0. The van der Waals surface area contributed by atoms with Gasteiger partial charge in [-0.3, -0.25) is 9.59 Å². The average Bonchev–Trinajstić information content (AvgIpc) is 2.88. The van der Waals surface area contributed by atoms with E-state index in [0.29, 0.717) is 11.3 Å². The second-order valence-electron chi connectivity index (χ2n) is 4.54. The van der Waals surface area contributed by atoms with Crippen molar-refractivity contribution >= 4 is 27.6 Å². The van der Waals surface area contributed by atoms with Crippen molar-refractivity contribution in [1.82, 2.24) is 5.32 Å². The van der Waals surface area contributed by atoms with E-state index in [2.05, 4.69) is 27.8 Å². The zero-order valence-electron chi connectivity index (χ0n) is 11.1. The summed E-state index contributed by atoms with van der Waals surface area (Å²) in [5.41, 5.74) is 0.700. The molecule has 0 aliphatic carbocycles. The molecule has 1 aromatic carbocycles. The van der Waals surface area contributed by atoms with Crippen LogP contribution in [0.1, 0.15) is 11.5 Å². The Kier molecular flexibility index (Phi) is 4.76. The van der Waals surface area contributed by atoms with Crippen LogP contribution in [-0.4, -0.2) is 24.8 Å². The third-order valence-corrected chi connectivity index (χ3v) is 3.69. The summed E-state index contributed by atoms with van der Waals surface area (Å²) < 4.78 is 6.26. The Hall–Kier alpha value is -2.13. The molecule has 6 heteroatoms. The van der Waals surface area contributed by atoms with Crippen LogP contribution >= 0.6 is 15.9 Å². The molecule has 2 atom stereocenters. The lowest BCUT2D eigenvalue weighted by Crippen LogP contribution is -2.37.